The Morgan fingerprint density at radius 2 is 1.63 bits per heavy atom. The van der Waals surface area contributed by atoms with Crippen LogP contribution in [0.25, 0.3) is 0 Å². The molecule has 3 rings (SSSR count). The number of ether oxygens (including phenoxy) is 1. The van der Waals surface area contributed by atoms with Crippen molar-refractivity contribution in [2.45, 2.75) is 32.1 Å². The minimum Gasteiger partial charge on any atom is -0.465 e. The van der Waals surface area contributed by atoms with Crippen LogP contribution in [0.5, 0.6) is 0 Å². The number of furan rings is 1. The van der Waals surface area contributed by atoms with Gasteiger partial charge in [-0.3, -0.25) is 4.79 Å². The van der Waals surface area contributed by atoms with Gasteiger partial charge in [-0.25, -0.2) is 13.2 Å². The Morgan fingerprint density at radius 1 is 1.03 bits per heavy atom. The smallest absolute Gasteiger partial charge is 0.342 e. The Hall–Kier alpha value is -2.65. The van der Waals surface area contributed by atoms with E-state index in [4.69, 9.17) is 9.15 Å². The molecule has 1 aromatic carbocycles. The molecule has 2 heterocycles. The molecule has 1 aromatic heterocycles. The third-order valence-corrected chi connectivity index (χ3v) is 7.38. The van der Waals surface area contributed by atoms with Crippen molar-refractivity contribution in [3.8, 4) is 0 Å². The summed E-state index contributed by atoms with van der Waals surface area (Å²) in [6.07, 6.45) is 0.894. The zero-order valence-electron chi connectivity index (χ0n) is 17.6. The number of carbonyl (C=O) groups is 2. The lowest BCUT2D eigenvalue weighted by Crippen LogP contribution is -2.50. The van der Waals surface area contributed by atoms with Gasteiger partial charge in [0.05, 0.1) is 7.11 Å². The first-order valence-corrected chi connectivity index (χ1v) is 11.2. The lowest BCUT2D eigenvalue weighted by molar-refractivity contribution is 0.0594. The van der Waals surface area contributed by atoms with Gasteiger partial charge in [-0.05, 0) is 38.0 Å². The Labute approximate surface area is 176 Å². The number of aryl methyl sites for hydroxylation is 3. The fourth-order valence-electron chi connectivity index (χ4n) is 3.64. The maximum absolute atomic E-state index is 13.2. The summed E-state index contributed by atoms with van der Waals surface area (Å²) in [4.78, 5) is 26.3. The first kappa shape index (κ1) is 22.0. The number of piperazine rings is 1. The van der Waals surface area contributed by atoms with Crippen LogP contribution in [0.1, 0.15) is 44.7 Å². The number of hydrogen-bond acceptors (Lipinski definition) is 6. The Balaban J connectivity index is 1.77. The van der Waals surface area contributed by atoms with Crippen molar-refractivity contribution in [3.63, 3.8) is 0 Å². The van der Waals surface area contributed by atoms with Crippen LogP contribution in [0, 0.1) is 13.8 Å². The minimum atomic E-state index is -3.98. The molecule has 162 valence electrons. The molecule has 9 heteroatoms. The molecule has 1 aliphatic heterocycles. The topological polar surface area (TPSA) is 97.1 Å². The number of benzene rings is 1. The van der Waals surface area contributed by atoms with E-state index in [2.05, 4.69) is 0 Å². The lowest BCUT2D eigenvalue weighted by Gasteiger charge is -2.34. The molecule has 0 atom stereocenters. The highest BCUT2D eigenvalue weighted by atomic mass is 32.2. The molecule has 1 aliphatic rings. The second-order valence-electron chi connectivity index (χ2n) is 7.16. The summed E-state index contributed by atoms with van der Waals surface area (Å²) in [6.45, 7) is 5.86. The normalized spacial score (nSPS) is 15.3. The number of rotatable bonds is 5. The quantitative estimate of drug-likeness (QED) is 0.671. The monoisotopic (exact) mass is 434 g/mol. The summed E-state index contributed by atoms with van der Waals surface area (Å²) in [7, 11) is -2.79. The van der Waals surface area contributed by atoms with Gasteiger partial charge in [0.25, 0.3) is 5.91 Å². The standard InChI is InChI=1S/C21H26N2O6S/c1-5-16-6-8-17(9-7-16)20(24)22-10-12-23(13-11-22)30(26,27)19-15(3)29-14(2)18(19)21(25)28-4/h6-9H,5,10-13H2,1-4H3. The van der Waals surface area contributed by atoms with Gasteiger partial charge >= 0.3 is 5.97 Å². The molecule has 30 heavy (non-hydrogen) atoms. The van der Waals surface area contributed by atoms with Crippen LogP contribution in [0.4, 0.5) is 0 Å². The fourth-order valence-corrected chi connectivity index (χ4v) is 5.43. The lowest BCUT2D eigenvalue weighted by atomic mass is 10.1. The van der Waals surface area contributed by atoms with Gasteiger partial charge < -0.3 is 14.1 Å². The van der Waals surface area contributed by atoms with E-state index >= 15 is 0 Å². The highest BCUT2D eigenvalue weighted by Gasteiger charge is 2.37. The van der Waals surface area contributed by atoms with Crippen molar-refractivity contribution in [1.82, 2.24) is 9.21 Å². The van der Waals surface area contributed by atoms with Crippen LogP contribution in [0.3, 0.4) is 0 Å². The molecule has 0 aliphatic carbocycles. The number of nitrogens with zero attached hydrogens (tertiary/aromatic N) is 2. The van der Waals surface area contributed by atoms with Crippen LogP contribution in [-0.4, -0.2) is 62.8 Å². The molecule has 1 amide bonds. The fraction of sp³-hybridized carbons (Fsp3) is 0.429. The summed E-state index contributed by atoms with van der Waals surface area (Å²) < 4.78 is 37.9. The average molecular weight is 435 g/mol. The summed E-state index contributed by atoms with van der Waals surface area (Å²) >= 11 is 0. The number of esters is 1. The number of carbonyl (C=O) groups excluding carboxylic acids is 2. The first-order chi connectivity index (χ1) is 14.2. The van der Waals surface area contributed by atoms with Crippen molar-refractivity contribution >= 4 is 21.9 Å². The molecule has 0 radical (unpaired) electrons. The Kier molecular flexibility index (Phi) is 6.33. The van der Waals surface area contributed by atoms with Gasteiger partial charge in [-0.1, -0.05) is 19.1 Å². The molecule has 0 bridgehead atoms. The molecule has 8 nitrogen and oxygen atoms in total. The van der Waals surface area contributed by atoms with Gasteiger partial charge in [-0.2, -0.15) is 4.31 Å². The summed E-state index contributed by atoms with van der Waals surface area (Å²) in [5.41, 5.74) is 1.65. The van der Waals surface area contributed by atoms with E-state index in [1.54, 1.807) is 17.0 Å². The Bertz CT molecular complexity index is 1050. The van der Waals surface area contributed by atoms with Gasteiger partial charge in [0.15, 0.2) is 0 Å². The van der Waals surface area contributed by atoms with Gasteiger partial charge in [-0.15, -0.1) is 0 Å². The van der Waals surface area contributed by atoms with Crippen molar-refractivity contribution < 1.29 is 27.2 Å². The number of hydrogen-bond donors (Lipinski definition) is 0. The second-order valence-corrected chi connectivity index (χ2v) is 9.03. The molecule has 1 saturated heterocycles. The third kappa shape index (κ3) is 3.99. The molecule has 0 N–H and O–H groups in total. The molecule has 0 unspecified atom stereocenters. The zero-order valence-corrected chi connectivity index (χ0v) is 18.4. The summed E-state index contributed by atoms with van der Waals surface area (Å²) in [6, 6.07) is 7.44. The maximum Gasteiger partial charge on any atom is 0.342 e. The molecule has 0 saturated carbocycles. The van der Waals surface area contributed by atoms with Crippen LogP contribution in [0.15, 0.2) is 33.6 Å². The SMILES string of the molecule is CCc1ccc(C(=O)N2CCN(S(=O)(=O)c3c(C)oc(C)c3C(=O)OC)CC2)cc1. The molecule has 2 aromatic rings. The van der Waals surface area contributed by atoms with E-state index < -0.39 is 16.0 Å². The zero-order chi connectivity index (χ0) is 22.1. The van der Waals surface area contributed by atoms with Crippen LogP contribution >= 0.6 is 0 Å². The highest BCUT2D eigenvalue weighted by molar-refractivity contribution is 7.89. The van der Waals surface area contributed by atoms with Crippen molar-refractivity contribution in [3.05, 3.63) is 52.5 Å². The molecular weight excluding hydrogens is 408 g/mol. The average Bonchev–Trinajstić information content (AvgIpc) is 3.07. The van der Waals surface area contributed by atoms with E-state index in [9.17, 15) is 18.0 Å². The van der Waals surface area contributed by atoms with E-state index in [0.717, 1.165) is 12.0 Å². The number of amides is 1. The van der Waals surface area contributed by atoms with Crippen molar-refractivity contribution in [2.75, 3.05) is 33.3 Å². The number of methoxy groups -OCH3 is 1. The van der Waals surface area contributed by atoms with Crippen molar-refractivity contribution in [1.29, 1.82) is 0 Å². The second kappa shape index (κ2) is 8.61. The predicted octanol–water partition coefficient (Wildman–Crippen LogP) is 2.39. The summed E-state index contributed by atoms with van der Waals surface area (Å²) in [5, 5.41) is 0. The van der Waals surface area contributed by atoms with Crippen molar-refractivity contribution in [2.24, 2.45) is 0 Å². The first-order valence-electron chi connectivity index (χ1n) is 9.77. The van der Waals surface area contributed by atoms with Gasteiger partial charge in [0.2, 0.25) is 10.0 Å². The largest absolute Gasteiger partial charge is 0.465 e. The predicted molar refractivity (Wildman–Crippen MR) is 110 cm³/mol. The molecule has 1 fully saturated rings. The molecule has 0 spiro atoms. The van der Waals surface area contributed by atoms with E-state index in [1.165, 1.54) is 25.3 Å². The van der Waals surface area contributed by atoms with Crippen LogP contribution < -0.4 is 0 Å². The third-order valence-electron chi connectivity index (χ3n) is 5.33. The van der Waals surface area contributed by atoms with Gasteiger partial charge in [0, 0.05) is 31.7 Å². The van der Waals surface area contributed by atoms with Crippen LogP contribution in [0.2, 0.25) is 0 Å². The number of sulfonamides is 1. The van der Waals surface area contributed by atoms with Crippen LogP contribution in [-0.2, 0) is 21.2 Å². The maximum atomic E-state index is 13.2. The molecular formula is C21H26N2O6S. The highest BCUT2D eigenvalue weighted by Crippen LogP contribution is 2.30. The van der Waals surface area contributed by atoms with E-state index in [0.29, 0.717) is 5.56 Å². The Morgan fingerprint density at radius 3 is 2.17 bits per heavy atom. The van der Waals surface area contributed by atoms with E-state index in [1.807, 2.05) is 19.1 Å². The van der Waals surface area contributed by atoms with E-state index in [-0.39, 0.29) is 54.1 Å². The van der Waals surface area contributed by atoms with Gasteiger partial charge in [0.1, 0.15) is 22.0 Å². The summed E-state index contributed by atoms with van der Waals surface area (Å²) in [5.74, 6) is -0.544. The minimum absolute atomic E-state index is 0.0791.